The van der Waals surface area contributed by atoms with E-state index in [4.69, 9.17) is 10.5 Å². The number of imidazole rings is 1. The van der Waals surface area contributed by atoms with Gasteiger partial charge in [0.1, 0.15) is 23.3 Å². The fraction of sp³-hybridized carbons (Fsp3) is 0.167. The molecule has 2 aromatic carbocycles. The predicted molar refractivity (Wildman–Crippen MR) is 124 cm³/mol. The molecule has 2 N–H and O–H groups in total. The van der Waals surface area contributed by atoms with Crippen molar-refractivity contribution in [2.75, 3.05) is 18.8 Å². The maximum absolute atomic E-state index is 13.5. The van der Waals surface area contributed by atoms with E-state index >= 15 is 0 Å². The van der Waals surface area contributed by atoms with Crippen molar-refractivity contribution in [1.82, 2.24) is 24.0 Å². The Hall–Kier alpha value is -4.40. The fourth-order valence-electron chi connectivity index (χ4n) is 3.97. The summed E-state index contributed by atoms with van der Waals surface area (Å²) >= 11 is 0. The first-order valence-electron chi connectivity index (χ1n) is 10.5. The fourth-order valence-corrected chi connectivity index (χ4v) is 3.97. The van der Waals surface area contributed by atoms with Crippen LogP contribution in [0.5, 0.6) is 11.5 Å². The minimum absolute atomic E-state index is 0.0753. The van der Waals surface area contributed by atoms with Gasteiger partial charge in [0.15, 0.2) is 11.5 Å². The molecule has 4 aromatic rings. The third-order valence-electron chi connectivity index (χ3n) is 5.60. The van der Waals surface area contributed by atoms with Crippen LogP contribution in [0.3, 0.4) is 0 Å². The van der Waals surface area contributed by atoms with Crippen LogP contribution in [-0.4, -0.2) is 43.0 Å². The van der Waals surface area contributed by atoms with Crippen LogP contribution in [0.15, 0.2) is 77.9 Å². The summed E-state index contributed by atoms with van der Waals surface area (Å²) < 4.78 is 8.96. The number of aromatic nitrogens is 4. The van der Waals surface area contributed by atoms with E-state index < -0.39 is 0 Å². The van der Waals surface area contributed by atoms with E-state index in [0.717, 1.165) is 5.75 Å². The lowest BCUT2D eigenvalue weighted by atomic mass is 10.1. The number of nitrogens with zero attached hydrogens (tertiary/aromatic N) is 5. The molecule has 0 aliphatic carbocycles. The number of allylic oxidation sites excluding steroid dienone is 1. The van der Waals surface area contributed by atoms with E-state index in [1.165, 1.54) is 17.0 Å². The molecule has 1 aliphatic rings. The lowest BCUT2D eigenvalue weighted by Gasteiger charge is -2.38. The molecule has 166 valence electrons. The smallest absolute Gasteiger partial charge is 0.335 e. The Labute approximate surface area is 189 Å². The Balaban J connectivity index is 1.51. The zero-order valence-corrected chi connectivity index (χ0v) is 18.0. The third-order valence-corrected chi connectivity index (χ3v) is 5.60. The Bertz CT molecular complexity index is 1400. The van der Waals surface area contributed by atoms with Gasteiger partial charge in [-0.25, -0.2) is 14.8 Å². The van der Waals surface area contributed by atoms with Crippen molar-refractivity contribution in [3.63, 3.8) is 0 Å². The molecule has 1 fully saturated rings. The average Bonchev–Trinajstić information content (AvgIpc) is 3.08. The Morgan fingerprint density at radius 2 is 1.76 bits per heavy atom. The number of hydrogen-bond acceptors (Lipinski definition) is 6. The molecule has 1 amide bonds. The zero-order valence-electron chi connectivity index (χ0n) is 18.0. The van der Waals surface area contributed by atoms with Gasteiger partial charge in [0, 0.05) is 13.1 Å². The molecule has 33 heavy (non-hydrogen) atoms. The van der Waals surface area contributed by atoms with Crippen molar-refractivity contribution in [3.05, 3.63) is 83.6 Å². The first-order valence-corrected chi connectivity index (χ1v) is 10.5. The van der Waals surface area contributed by atoms with Crippen molar-refractivity contribution >= 4 is 22.9 Å². The molecule has 0 atom stereocenters. The van der Waals surface area contributed by atoms with Crippen molar-refractivity contribution in [2.24, 2.45) is 0 Å². The quantitative estimate of drug-likeness (QED) is 0.476. The number of anilines is 1. The van der Waals surface area contributed by atoms with Crippen LogP contribution in [0.2, 0.25) is 0 Å². The molecule has 0 saturated carbocycles. The summed E-state index contributed by atoms with van der Waals surface area (Å²) in [6.45, 7) is 2.65. The number of amides is 1. The van der Waals surface area contributed by atoms with Crippen molar-refractivity contribution in [2.45, 2.75) is 13.0 Å². The van der Waals surface area contributed by atoms with Crippen LogP contribution in [0.4, 0.5) is 5.82 Å². The number of rotatable bonds is 5. The van der Waals surface area contributed by atoms with Gasteiger partial charge in [0.25, 0.3) is 0 Å². The van der Waals surface area contributed by atoms with Crippen LogP contribution >= 0.6 is 0 Å². The standard InChI is InChI=1S/C24H22N6O3/c1-2-6-20(31)28-13-17(14-28)30-23-21(22(25)26-15-27-23)29(24(30)32)16-9-11-19(12-10-16)33-18-7-4-3-5-8-18/h2-12,15,17H,13-14H2,1H3,(H2,25,26,27). The lowest BCUT2D eigenvalue weighted by Crippen LogP contribution is -2.52. The number of carbonyl (C=O) groups excluding carboxylic acids is 1. The highest BCUT2D eigenvalue weighted by Gasteiger charge is 2.34. The molecule has 0 spiro atoms. The molecule has 0 unspecified atom stereocenters. The molecule has 1 saturated heterocycles. The highest BCUT2D eigenvalue weighted by Crippen LogP contribution is 2.28. The van der Waals surface area contributed by atoms with Gasteiger partial charge in [-0.2, -0.15) is 0 Å². The molecule has 3 heterocycles. The number of carbonyl (C=O) groups is 1. The van der Waals surface area contributed by atoms with Crippen LogP contribution in [0, 0.1) is 0 Å². The minimum atomic E-state index is -0.280. The minimum Gasteiger partial charge on any atom is -0.457 e. The van der Waals surface area contributed by atoms with E-state index in [-0.39, 0.29) is 23.5 Å². The van der Waals surface area contributed by atoms with Crippen molar-refractivity contribution in [3.8, 4) is 17.2 Å². The molecule has 1 aliphatic heterocycles. The first kappa shape index (κ1) is 20.5. The van der Waals surface area contributed by atoms with E-state index in [1.807, 2.05) is 30.3 Å². The summed E-state index contributed by atoms with van der Waals surface area (Å²) in [6, 6.07) is 16.4. The highest BCUT2D eigenvalue weighted by molar-refractivity contribution is 5.88. The topological polar surface area (TPSA) is 108 Å². The molecular formula is C24H22N6O3. The number of likely N-dealkylation sites (tertiary alicyclic amines) is 1. The van der Waals surface area contributed by atoms with E-state index in [9.17, 15) is 9.59 Å². The predicted octanol–water partition coefficient (Wildman–Crippen LogP) is 2.92. The number of nitrogens with two attached hydrogens (primary N) is 1. The maximum atomic E-state index is 13.5. The number of nitrogen functional groups attached to an aromatic ring is 1. The Kier molecular flexibility index (Phi) is 5.14. The average molecular weight is 442 g/mol. The van der Waals surface area contributed by atoms with E-state index in [1.54, 1.807) is 46.7 Å². The van der Waals surface area contributed by atoms with Gasteiger partial charge in [-0.15, -0.1) is 0 Å². The van der Waals surface area contributed by atoms with Crippen LogP contribution in [-0.2, 0) is 4.79 Å². The van der Waals surface area contributed by atoms with Crippen molar-refractivity contribution in [1.29, 1.82) is 0 Å². The normalized spacial score (nSPS) is 14.0. The Morgan fingerprint density at radius 3 is 2.45 bits per heavy atom. The maximum Gasteiger partial charge on any atom is 0.335 e. The zero-order chi connectivity index (χ0) is 22.9. The summed E-state index contributed by atoms with van der Waals surface area (Å²) in [4.78, 5) is 35.7. The lowest BCUT2D eigenvalue weighted by molar-refractivity contribution is -0.131. The largest absolute Gasteiger partial charge is 0.457 e. The number of hydrogen-bond donors (Lipinski definition) is 1. The summed E-state index contributed by atoms with van der Waals surface area (Å²) in [5.41, 5.74) is 7.38. The molecule has 0 radical (unpaired) electrons. The van der Waals surface area contributed by atoms with E-state index in [0.29, 0.717) is 35.7 Å². The molecule has 5 rings (SSSR count). The number of ether oxygens (including phenoxy) is 1. The molecule has 0 bridgehead atoms. The molecule has 9 heteroatoms. The molecule has 2 aromatic heterocycles. The van der Waals surface area contributed by atoms with Gasteiger partial charge in [-0.05, 0) is 49.4 Å². The monoisotopic (exact) mass is 442 g/mol. The number of benzene rings is 2. The van der Waals surface area contributed by atoms with E-state index in [2.05, 4.69) is 9.97 Å². The van der Waals surface area contributed by atoms with Gasteiger partial charge >= 0.3 is 5.69 Å². The Morgan fingerprint density at radius 1 is 1.06 bits per heavy atom. The van der Waals surface area contributed by atoms with Gasteiger partial charge in [-0.1, -0.05) is 24.3 Å². The number of para-hydroxylation sites is 1. The second-order valence-corrected chi connectivity index (χ2v) is 7.73. The molecule has 9 nitrogen and oxygen atoms in total. The van der Waals surface area contributed by atoms with Gasteiger partial charge < -0.3 is 15.4 Å². The summed E-state index contributed by atoms with van der Waals surface area (Å²) in [6.07, 6.45) is 4.56. The van der Waals surface area contributed by atoms with Gasteiger partial charge in [0.2, 0.25) is 5.91 Å². The van der Waals surface area contributed by atoms with Crippen LogP contribution in [0.25, 0.3) is 16.9 Å². The van der Waals surface area contributed by atoms with Crippen LogP contribution in [0.1, 0.15) is 13.0 Å². The highest BCUT2D eigenvalue weighted by atomic mass is 16.5. The molecular weight excluding hydrogens is 420 g/mol. The summed E-state index contributed by atoms with van der Waals surface area (Å²) in [5, 5.41) is 0. The SMILES string of the molecule is CC=CC(=O)N1CC(n2c(=O)n(-c3ccc(Oc4ccccc4)cc3)c3c(N)ncnc32)C1. The van der Waals surface area contributed by atoms with Crippen molar-refractivity contribution < 1.29 is 9.53 Å². The summed E-state index contributed by atoms with van der Waals surface area (Å²) in [7, 11) is 0. The van der Waals surface area contributed by atoms with Gasteiger partial charge in [-0.3, -0.25) is 13.9 Å². The third kappa shape index (κ3) is 3.63. The first-order chi connectivity index (χ1) is 16.1. The second-order valence-electron chi connectivity index (χ2n) is 7.73. The van der Waals surface area contributed by atoms with Gasteiger partial charge in [0.05, 0.1) is 11.7 Å². The second kappa shape index (κ2) is 8.27. The van der Waals surface area contributed by atoms with Crippen LogP contribution < -0.4 is 16.2 Å². The summed E-state index contributed by atoms with van der Waals surface area (Å²) in [5.74, 6) is 1.50. The number of fused-ring (bicyclic) bond motifs is 1.